The van der Waals surface area contributed by atoms with Crippen LogP contribution in [0, 0.1) is 10.1 Å². The maximum atomic E-state index is 12.6. The quantitative estimate of drug-likeness (QED) is 0.372. The average Bonchev–Trinajstić information content (AvgIpc) is 2.72. The van der Waals surface area contributed by atoms with Crippen LogP contribution in [-0.4, -0.2) is 37.4 Å². The van der Waals surface area contributed by atoms with Crippen molar-refractivity contribution in [3.8, 4) is 17.2 Å². The lowest BCUT2D eigenvalue weighted by atomic mass is 10.1. The Hall–Kier alpha value is -2.94. The highest BCUT2D eigenvalue weighted by molar-refractivity contribution is 8.00. The molecule has 0 radical (unpaired) electrons. The van der Waals surface area contributed by atoms with E-state index in [0.29, 0.717) is 17.2 Å². The van der Waals surface area contributed by atoms with Crippen LogP contribution in [0.25, 0.3) is 0 Å². The maximum absolute atomic E-state index is 12.6. The van der Waals surface area contributed by atoms with Gasteiger partial charge in [-0.05, 0) is 43.7 Å². The summed E-state index contributed by atoms with van der Waals surface area (Å²) in [6.07, 6.45) is 0. The van der Waals surface area contributed by atoms with Crippen LogP contribution in [0.5, 0.6) is 17.2 Å². The molecule has 0 saturated carbocycles. The molecular weight excluding hydrogens is 396 g/mol. The predicted molar refractivity (Wildman–Crippen MR) is 111 cm³/mol. The minimum atomic E-state index is -0.455. The van der Waals surface area contributed by atoms with Crippen molar-refractivity contribution in [2.45, 2.75) is 30.0 Å². The molecule has 1 amide bonds. The number of carbonyl (C=O) groups is 1. The van der Waals surface area contributed by atoms with E-state index in [4.69, 9.17) is 14.2 Å². The molecular formula is C20H24N2O6S. The van der Waals surface area contributed by atoms with Gasteiger partial charge in [-0.2, -0.15) is 0 Å². The summed E-state index contributed by atoms with van der Waals surface area (Å²) in [6, 6.07) is 9.40. The van der Waals surface area contributed by atoms with Gasteiger partial charge in [-0.25, -0.2) is 0 Å². The third-order valence-corrected chi connectivity index (χ3v) is 5.39. The summed E-state index contributed by atoms with van der Waals surface area (Å²) in [7, 11) is 4.60. The third kappa shape index (κ3) is 5.54. The summed E-state index contributed by atoms with van der Waals surface area (Å²) in [4.78, 5) is 23.7. The summed E-state index contributed by atoms with van der Waals surface area (Å²) in [5.74, 6) is 1.35. The number of nitrogens with zero attached hydrogens (tertiary/aromatic N) is 1. The molecule has 9 heteroatoms. The number of benzene rings is 2. The van der Waals surface area contributed by atoms with Crippen LogP contribution in [0.15, 0.2) is 41.3 Å². The molecule has 156 valence electrons. The Labute approximate surface area is 173 Å². The SMILES string of the molecule is COc1cc([C@@H](C)NC(=O)[C@@H](C)Sc2ccc([N+](=O)[O-])cc2)cc(OC)c1OC. The Bertz CT molecular complexity index is 847. The highest BCUT2D eigenvalue weighted by Gasteiger charge is 2.21. The van der Waals surface area contributed by atoms with E-state index < -0.39 is 4.92 Å². The second kappa shape index (κ2) is 10.0. The molecule has 2 rings (SSSR count). The van der Waals surface area contributed by atoms with Crippen LogP contribution in [0.2, 0.25) is 0 Å². The monoisotopic (exact) mass is 420 g/mol. The number of amides is 1. The zero-order chi connectivity index (χ0) is 21.6. The molecule has 2 aromatic carbocycles. The minimum Gasteiger partial charge on any atom is -0.493 e. The summed E-state index contributed by atoms with van der Waals surface area (Å²) >= 11 is 1.33. The van der Waals surface area contributed by atoms with Crippen molar-refractivity contribution < 1.29 is 23.9 Å². The van der Waals surface area contributed by atoms with Gasteiger partial charge >= 0.3 is 0 Å². The van der Waals surface area contributed by atoms with Crippen molar-refractivity contribution in [3.05, 3.63) is 52.1 Å². The van der Waals surface area contributed by atoms with Crippen molar-refractivity contribution >= 4 is 23.4 Å². The number of ether oxygens (including phenoxy) is 3. The maximum Gasteiger partial charge on any atom is 0.269 e. The van der Waals surface area contributed by atoms with Gasteiger partial charge in [0.2, 0.25) is 11.7 Å². The van der Waals surface area contributed by atoms with E-state index in [1.165, 1.54) is 45.2 Å². The Kier molecular flexibility index (Phi) is 7.72. The first kappa shape index (κ1) is 22.4. The van der Waals surface area contributed by atoms with Gasteiger partial charge < -0.3 is 19.5 Å². The standard InChI is InChI=1S/C20H24N2O6S/c1-12(14-10-17(26-3)19(28-5)18(11-14)27-4)21-20(23)13(2)29-16-8-6-15(7-9-16)22(24)25/h6-13H,1-5H3,(H,21,23)/t12-,13-/m1/s1. The molecule has 0 saturated heterocycles. The fourth-order valence-corrected chi connectivity index (χ4v) is 3.55. The molecule has 8 nitrogen and oxygen atoms in total. The van der Waals surface area contributed by atoms with Gasteiger partial charge in [0.1, 0.15) is 0 Å². The second-order valence-corrected chi connectivity index (χ2v) is 7.61. The minimum absolute atomic E-state index is 0.0162. The van der Waals surface area contributed by atoms with Crippen LogP contribution >= 0.6 is 11.8 Å². The number of nitrogens with one attached hydrogen (secondary N) is 1. The third-order valence-electron chi connectivity index (χ3n) is 4.28. The van der Waals surface area contributed by atoms with Gasteiger partial charge in [0, 0.05) is 17.0 Å². The molecule has 0 fully saturated rings. The van der Waals surface area contributed by atoms with E-state index in [0.717, 1.165) is 10.5 Å². The van der Waals surface area contributed by atoms with Crippen LogP contribution < -0.4 is 19.5 Å². The zero-order valence-corrected chi connectivity index (χ0v) is 17.7. The zero-order valence-electron chi connectivity index (χ0n) is 16.9. The molecule has 0 aliphatic rings. The molecule has 0 aliphatic heterocycles. The number of thioether (sulfide) groups is 1. The number of carbonyl (C=O) groups excluding carboxylic acids is 1. The molecule has 29 heavy (non-hydrogen) atoms. The number of methoxy groups -OCH3 is 3. The van der Waals surface area contributed by atoms with Crippen molar-refractivity contribution in [3.63, 3.8) is 0 Å². The largest absolute Gasteiger partial charge is 0.493 e. The van der Waals surface area contributed by atoms with Gasteiger partial charge in [-0.1, -0.05) is 0 Å². The average molecular weight is 420 g/mol. The molecule has 0 aromatic heterocycles. The van der Waals surface area contributed by atoms with Crippen molar-refractivity contribution in [1.29, 1.82) is 0 Å². The lowest BCUT2D eigenvalue weighted by Gasteiger charge is -2.20. The molecule has 0 spiro atoms. The Morgan fingerprint density at radius 2 is 1.59 bits per heavy atom. The van der Waals surface area contributed by atoms with E-state index in [1.54, 1.807) is 31.2 Å². The lowest BCUT2D eigenvalue weighted by molar-refractivity contribution is -0.384. The molecule has 2 aromatic rings. The fraction of sp³-hybridized carbons (Fsp3) is 0.350. The van der Waals surface area contributed by atoms with Crippen molar-refractivity contribution in [2.75, 3.05) is 21.3 Å². The molecule has 0 bridgehead atoms. The Balaban J connectivity index is 2.08. The van der Waals surface area contributed by atoms with E-state index >= 15 is 0 Å². The van der Waals surface area contributed by atoms with E-state index in [1.807, 2.05) is 6.92 Å². The summed E-state index contributed by atoms with van der Waals surface area (Å²) in [5.41, 5.74) is 0.822. The van der Waals surface area contributed by atoms with Crippen LogP contribution in [-0.2, 0) is 4.79 Å². The summed E-state index contributed by atoms with van der Waals surface area (Å²) < 4.78 is 16.0. The number of non-ortho nitro benzene ring substituents is 1. The first-order chi connectivity index (χ1) is 13.8. The number of hydrogen-bond acceptors (Lipinski definition) is 7. The number of nitro groups is 1. The van der Waals surface area contributed by atoms with Crippen molar-refractivity contribution in [1.82, 2.24) is 5.32 Å². The first-order valence-electron chi connectivity index (χ1n) is 8.82. The van der Waals surface area contributed by atoms with Gasteiger partial charge in [-0.3, -0.25) is 14.9 Å². The molecule has 0 aliphatic carbocycles. The Morgan fingerprint density at radius 1 is 1.03 bits per heavy atom. The fourth-order valence-electron chi connectivity index (χ4n) is 2.67. The molecule has 1 N–H and O–H groups in total. The normalized spacial score (nSPS) is 12.6. The second-order valence-electron chi connectivity index (χ2n) is 6.20. The first-order valence-corrected chi connectivity index (χ1v) is 9.70. The van der Waals surface area contributed by atoms with Gasteiger partial charge in [0.25, 0.3) is 5.69 Å². The summed E-state index contributed by atoms with van der Waals surface area (Å²) in [5, 5.41) is 13.3. The van der Waals surface area contributed by atoms with E-state index in [9.17, 15) is 14.9 Å². The summed E-state index contributed by atoms with van der Waals surface area (Å²) in [6.45, 7) is 3.64. The van der Waals surface area contributed by atoms with Gasteiger partial charge in [0.05, 0.1) is 37.5 Å². The van der Waals surface area contributed by atoms with E-state index in [2.05, 4.69) is 5.32 Å². The van der Waals surface area contributed by atoms with Gasteiger partial charge in [-0.15, -0.1) is 11.8 Å². The van der Waals surface area contributed by atoms with Crippen LogP contribution in [0.3, 0.4) is 0 Å². The highest BCUT2D eigenvalue weighted by atomic mass is 32.2. The number of rotatable bonds is 9. The smallest absolute Gasteiger partial charge is 0.269 e. The number of hydrogen-bond donors (Lipinski definition) is 1. The topological polar surface area (TPSA) is 99.9 Å². The molecule has 0 heterocycles. The molecule has 2 atom stereocenters. The van der Waals surface area contributed by atoms with E-state index in [-0.39, 0.29) is 22.9 Å². The van der Waals surface area contributed by atoms with Gasteiger partial charge in [0.15, 0.2) is 11.5 Å². The van der Waals surface area contributed by atoms with Crippen LogP contribution in [0.1, 0.15) is 25.5 Å². The Morgan fingerprint density at radius 3 is 2.03 bits per heavy atom. The van der Waals surface area contributed by atoms with Crippen LogP contribution in [0.4, 0.5) is 5.69 Å². The lowest BCUT2D eigenvalue weighted by Crippen LogP contribution is -2.33. The number of nitro benzene ring substituents is 1. The predicted octanol–water partition coefficient (Wildman–Crippen LogP) is 3.98. The molecule has 0 unspecified atom stereocenters. The highest BCUT2D eigenvalue weighted by Crippen LogP contribution is 2.39. The van der Waals surface area contributed by atoms with Crippen molar-refractivity contribution in [2.24, 2.45) is 0 Å².